The van der Waals surface area contributed by atoms with Crippen molar-refractivity contribution in [1.82, 2.24) is 0 Å². The maximum atomic E-state index is 14.9. The van der Waals surface area contributed by atoms with Crippen LogP contribution < -0.4 is 9.47 Å². The van der Waals surface area contributed by atoms with Crippen LogP contribution in [0.5, 0.6) is 11.5 Å². The highest BCUT2D eigenvalue weighted by Crippen LogP contribution is 2.36. The van der Waals surface area contributed by atoms with Crippen LogP contribution in [0.3, 0.4) is 0 Å². The molecule has 0 heterocycles. The van der Waals surface area contributed by atoms with Crippen molar-refractivity contribution in [2.24, 2.45) is 5.92 Å². The summed E-state index contributed by atoms with van der Waals surface area (Å²) >= 11 is 0. The van der Waals surface area contributed by atoms with Crippen molar-refractivity contribution >= 4 is 5.57 Å². The Morgan fingerprint density at radius 2 is 1.49 bits per heavy atom. The van der Waals surface area contributed by atoms with E-state index in [1.807, 2.05) is 13.0 Å². The molecule has 3 aromatic rings. The zero-order valence-corrected chi connectivity index (χ0v) is 22.3. The second kappa shape index (κ2) is 13.1. The number of aryl methyl sites for hydroxylation is 1. The van der Waals surface area contributed by atoms with E-state index in [-0.39, 0.29) is 40.7 Å². The number of halogens is 5. The van der Waals surface area contributed by atoms with E-state index in [0.717, 1.165) is 24.8 Å². The van der Waals surface area contributed by atoms with Gasteiger partial charge in [0.05, 0.1) is 13.2 Å². The van der Waals surface area contributed by atoms with E-state index in [0.29, 0.717) is 37.9 Å². The van der Waals surface area contributed by atoms with Gasteiger partial charge >= 0.3 is 0 Å². The van der Waals surface area contributed by atoms with Gasteiger partial charge in [-0.25, -0.2) is 13.2 Å². The van der Waals surface area contributed by atoms with Gasteiger partial charge in [0.1, 0.15) is 5.82 Å². The molecule has 0 bridgehead atoms. The average Bonchev–Trinajstić information content (AvgIpc) is 2.94. The minimum absolute atomic E-state index is 0.0319. The molecule has 0 N–H and O–H groups in total. The van der Waals surface area contributed by atoms with E-state index in [9.17, 15) is 22.0 Å². The van der Waals surface area contributed by atoms with Crippen molar-refractivity contribution < 1.29 is 31.4 Å². The fourth-order valence-electron chi connectivity index (χ4n) is 4.91. The number of ether oxygens (including phenoxy) is 2. The summed E-state index contributed by atoms with van der Waals surface area (Å²) in [7, 11) is 0. The first-order valence-corrected chi connectivity index (χ1v) is 13.5. The van der Waals surface area contributed by atoms with Crippen LogP contribution in [0.2, 0.25) is 0 Å². The Hall–Kier alpha value is -3.35. The van der Waals surface area contributed by atoms with E-state index >= 15 is 0 Å². The zero-order valence-electron chi connectivity index (χ0n) is 22.3. The van der Waals surface area contributed by atoms with Crippen LogP contribution in [0, 0.1) is 35.0 Å². The Labute approximate surface area is 226 Å². The lowest BCUT2D eigenvalue weighted by atomic mass is 9.83. The van der Waals surface area contributed by atoms with E-state index in [2.05, 4.69) is 0 Å². The molecule has 1 aliphatic carbocycles. The highest BCUT2D eigenvalue weighted by atomic mass is 19.2. The van der Waals surface area contributed by atoms with Gasteiger partial charge in [-0.15, -0.1) is 0 Å². The van der Waals surface area contributed by atoms with Crippen molar-refractivity contribution in [3.8, 4) is 22.6 Å². The predicted molar refractivity (Wildman–Crippen MR) is 143 cm³/mol. The first kappa shape index (κ1) is 28.7. The molecule has 0 spiro atoms. The van der Waals surface area contributed by atoms with Crippen LogP contribution in [0.15, 0.2) is 48.5 Å². The number of rotatable bonds is 11. The molecule has 0 aliphatic heterocycles. The lowest BCUT2D eigenvalue weighted by Crippen LogP contribution is -2.09. The summed E-state index contributed by atoms with van der Waals surface area (Å²) in [5, 5.41) is 0. The van der Waals surface area contributed by atoms with E-state index in [1.165, 1.54) is 24.3 Å². The van der Waals surface area contributed by atoms with Gasteiger partial charge in [0.2, 0.25) is 11.6 Å². The third kappa shape index (κ3) is 6.63. The lowest BCUT2D eigenvalue weighted by molar-refractivity contribution is 0.288. The molecule has 0 saturated carbocycles. The summed E-state index contributed by atoms with van der Waals surface area (Å²) in [5.41, 5.74) is 1.73. The fraction of sp³-hybridized carbons (Fsp3) is 0.375. The number of allylic oxidation sites excluding steroid dienone is 2. The highest BCUT2D eigenvalue weighted by molar-refractivity contribution is 5.68. The lowest BCUT2D eigenvalue weighted by Gasteiger charge is -2.23. The summed E-state index contributed by atoms with van der Waals surface area (Å²) in [5.74, 6) is -4.47. The molecule has 2 nitrogen and oxygen atoms in total. The Kier molecular flexibility index (Phi) is 9.65. The van der Waals surface area contributed by atoms with Gasteiger partial charge in [-0.1, -0.05) is 31.6 Å². The van der Waals surface area contributed by atoms with Crippen LogP contribution in [-0.4, -0.2) is 13.2 Å². The highest BCUT2D eigenvalue weighted by Gasteiger charge is 2.22. The van der Waals surface area contributed by atoms with Crippen molar-refractivity contribution in [3.63, 3.8) is 0 Å². The second-order valence-corrected chi connectivity index (χ2v) is 9.83. The van der Waals surface area contributed by atoms with Crippen LogP contribution in [0.1, 0.15) is 63.5 Å². The number of hydrogen-bond donors (Lipinski definition) is 0. The topological polar surface area (TPSA) is 18.5 Å². The second-order valence-electron chi connectivity index (χ2n) is 9.83. The molecule has 0 fully saturated rings. The molecule has 1 aliphatic rings. The van der Waals surface area contributed by atoms with Crippen LogP contribution in [0.4, 0.5) is 22.0 Å². The Bertz CT molecular complexity index is 1330. The molecule has 3 aromatic carbocycles. The van der Waals surface area contributed by atoms with Gasteiger partial charge < -0.3 is 9.47 Å². The molecule has 39 heavy (non-hydrogen) atoms. The summed E-state index contributed by atoms with van der Waals surface area (Å²) in [6, 6.07) is 10.2. The minimum Gasteiger partial charge on any atom is -0.491 e. The van der Waals surface area contributed by atoms with Crippen molar-refractivity contribution in [2.45, 2.75) is 58.8 Å². The first-order chi connectivity index (χ1) is 18.8. The van der Waals surface area contributed by atoms with E-state index < -0.39 is 29.1 Å². The van der Waals surface area contributed by atoms with E-state index in [4.69, 9.17) is 9.47 Å². The quantitative estimate of drug-likeness (QED) is 0.177. The Morgan fingerprint density at radius 1 is 0.795 bits per heavy atom. The Balaban J connectivity index is 1.37. The molecule has 208 valence electrons. The molecular weight excluding hydrogens is 511 g/mol. The maximum Gasteiger partial charge on any atom is 0.201 e. The first-order valence-electron chi connectivity index (χ1n) is 13.5. The monoisotopic (exact) mass is 544 g/mol. The molecule has 4 rings (SSSR count). The van der Waals surface area contributed by atoms with Crippen LogP contribution in [-0.2, 0) is 6.42 Å². The average molecular weight is 545 g/mol. The van der Waals surface area contributed by atoms with Crippen molar-refractivity contribution in [3.05, 3.63) is 88.8 Å². The largest absolute Gasteiger partial charge is 0.491 e. The maximum absolute atomic E-state index is 14.9. The smallest absolute Gasteiger partial charge is 0.201 e. The molecule has 0 aromatic heterocycles. The van der Waals surface area contributed by atoms with Gasteiger partial charge in [0, 0.05) is 11.1 Å². The fourth-order valence-corrected chi connectivity index (χ4v) is 4.91. The SMILES string of the molecule is CCCCOc1ccc(C2=CCC(CCc3ccc(-c4ccc(OCC)c(F)c4F)cc3F)CC2)c(F)c1F. The Morgan fingerprint density at radius 3 is 2.13 bits per heavy atom. The summed E-state index contributed by atoms with van der Waals surface area (Å²) in [4.78, 5) is 0. The summed E-state index contributed by atoms with van der Waals surface area (Å²) < 4.78 is 83.3. The minimum atomic E-state index is -1.09. The normalized spacial score (nSPS) is 15.3. The number of hydrogen-bond acceptors (Lipinski definition) is 2. The molecule has 7 heteroatoms. The molecule has 1 unspecified atom stereocenters. The van der Waals surface area contributed by atoms with Gasteiger partial charge in [-0.05, 0) is 98.4 Å². The molecule has 0 radical (unpaired) electrons. The molecule has 0 saturated heterocycles. The van der Waals surface area contributed by atoms with Gasteiger partial charge in [0.25, 0.3) is 0 Å². The number of unbranched alkanes of at least 4 members (excludes halogenated alkanes) is 1. The zero-order chi connectivity index (χ0) is 27.9. The number of benzene rings is 3. The molecule has 1 atom stereocenters. The standard InChI is InChI=1S/C32H33F5O2/c1-3-5-18-39-28-17-14-24(29(34)32(28)37)21-9-6-20(7-10-21)8-11-22-12-13-23(19-26(22)33)25-15-16-27(38-4-2)31(36)30(25)35/h9,12-17,19-20H,3-8,10-11,18H2,1-2H3. The van der Waals surface area contributed by atoms with E-state index in [1.54, 1.807) is 25.1 Å². The summed E-state index contributed by atoms with van der Waals surface area (Å²) in [6.45, 7) is 4.21. The third-order valence-corrected chi connectivity index (χ3v) is 7.20. The van der Waals surface area contributed by atoms with Gasteiger partial charge in [0.15, 0.2) is 23.1 Å². The van der Waals surface area contributed by atoms with Gasteiger partial charge in [-0.3, -0.25) is 0 Å². The van der Waals surface area contributed by atoms with Crippen molar-refractivity contribution in [1.29, 1.82) is 0 Å². The van der Waals surface area contributed by atoms with Crippen LogP contribution >= 0.6 is 0 Å². The van der Waals surface area contributed by atoms with Crippen LogP contribution in [0.25, 0.3) is 16.7 Å². The predicted octanol–water partition coefficient (Wildman–Crippen LogP) is 9.44. The van der Waals surface area contributed by atoms with Gasteiger partial charge in [-0.2, -0.15) is 8.78 Å². The molecule has 0 amide bonds. The molecular formula is C32H33F5O2. The third-order valence-electron chi connectivity index (χ3n) is 7.20. The summed E-state index contributed by atoms with van der Waals surface area (Å²) in [6.07, 6.45) is 6.86. The van der Waals surface area contributed by atoms with Crippen molar-refractivity contribution in [2.75, 3.05) is 13.2 Å².